The van der Waals surface area contributed by atoms with Crippen LogP contribution >= 0.6 is 11.6 Å². The summed E-state index contributed by atoms with van der Waals surface area (Å²) in [6, 6.07) is 8.17. The number of aryl methyl sites for hydroxylation is 1. The maximum atomic E-state index is 13.3. The molecule has 0 aliphatic heterocycles. The van der Waals surface area contributed by atoms with Crippen molar-refractivity contribution < 1.29 is 9.50 Å². The number of hydrogen-bond acceptors (Lipinski definition) is 2. The maximum absolute atomic E-state index is 13.3. The van der Waals surface area contributed by atoms with Crippen molar-refractivity contribution in [1.82, 2.24) is 4.98 Å². The third-order valence-corrected chi connectivity index (χ3v) is 3.11. The summed E-state index contributed by atoms with van der Waals surface area (Å²) in [4.78, 5) is 4.20. The van der Waals surface area contributed by atoms with Crippen LogP contribution in [0.5, 0.6) is 0 Å². The van der Waals surface area contributed by atoms with E-state index in [2.05, 4.69) is 4.98 Å². The lowest BCUT2D eigenvalue weighted by Crippen LogP contribution is -2.04. The molecule has 2 rings (SSSR count). The van der Waals surface area contributed by atoms with Crippen molar-refractivity contribution in [3.8, 4) is 0 Å². The van der Waals surface area contributed by atoms with Crippen LogP contribution in [-0.4, -0.2) is 10.1 Å². The van der Waals surface area contributed by atoms with Crippen molar-refractivity contribution in [2.75, 3.05) is 0 Å². The van der Waals surface area contributed by atoms with Gasteiger partial charge in [0.2, 0.25) is 0 Å². The first-order valence-electron chi connectivity index (χ1n) is 5.61. The zero-order chi connectivity index (χ0) is 13.1. The van der Waals surface area contributed by atoms with Gasteiger partial charge >= 0.3 is 0 Å². The number of halogens is 2. The van der Waals surface area contributed by atoms with Crippen molar-refractivity contribution >= 4 is 11.6 Å². The first kappa shape index (κ1) is 13.0. The predicted octanol–water partition coefficient (Wildman–Crippen LogP) is 3.46. The SMILES string of the molecule is Cc1ccc(CC(O)c2cccc(F)c2Cl)nc1. The molecule has 1 aromatic carbocycles. The van der Waals surface area contributed by atoms with Crippen molar-refractivity contribution in [2.24, 2.45) is 0 Å². The van der Waals surface area contributed by atoms with Crippen LogP contribution < -0.4 is 0 Å². The van der Waals surface area contributed by atoms with Crippen molar-refractivity contribution in [2.45, 2.75) is 19.4 Å². The van der Waals surface area contributed by atoms with E-state index in [1.54, 1.807) is 12.3 Å². The van der Waals surface area contributed by atoms with Gasteiger partial charge in [0.05, 0.1) is 11.1 Å². The van der Waals surface area contributed by atoms with Gasteiger partial charge in [-0.25, -0.2) is 4.39 Å². The highest BCUT2D eigenvalue weighted by Gasteiger charge is 2.15. The van der Waals surface area contributed by atoms with E-state index in [9.17, 15) is 9.50 Å². The van der Waals surface area contributed by atoms with Crippen LogP contribution in [0.4, 0.5) is 4.39 Å². The van der Waals surface area contributed by atoms with Gasteiger partial charge in [0.15, 0.2) is 0 Å². The fourth-order valence-corrected chi connectivity index (χ4v) is 1.96. The molecule has 0 amide bonds. The highest BCUT2D eigenvalue weighted by atomic mass is 35.5. The Hall–Kier alpha value is -1.45. The Morgan fingerprint density at radius 1 is 1.33 bits per heavy atom. The molecule has 4 heteroatoms. The second-order valence-corrected chi connectivity index (χ2v) is 4.57. The molecule has 0 spiro atoms. The molecule has 1 heterocycles. The van der Waals surface area contributed by atoms with E-state index >= 15 is 0 Å². The van der Waals surface area contributed by atoms with E-state index in [4.69, 9.17) is 11.6 Å². The van der Waals surface area contributed by atoms with Gasteiger partial charge in [-0.1, -0.05) is 29.8 Å². The molecule has 0 aliphatic rings. The molecule has 1 N–H and O–H groups in total. The van der Waals surface area contributed by atoms with Gasteiger partial charge < -0.3 is 5.11 Å². The molecular formula is C14H13ClFNO. The Bertz CT molecular complexity index is 542. The van der Waals surface area contributed by atoms with Gasteiger partial charge in [0.25, 0.3) is 0 Å². The molecule has 2 nitrogen and oxygen atoms in total. The van der Waals surface area contributed by atoms with Crippen molar-refractivity contribution in [3.63, 3.8) is 0 Å². The Kier molecular flexibility index (Phi) is 3.94. The van der Waals surface area contributed by atoms with E-state index in [-0.39, 0.29) is 5.02 Å². The van der Waals surface area contributed by atoms with Gasteiger partial charge in [-0.2, -0.15) is 0 Å². The Balaban J connectivity index is 2.19. The van der Waals surface area contributed by atoms with E-state index < -0.39 is 11.9 Å². The summed E-state index contributed by atoms with van der Waals surface area (Å²) in [5.41, 5.74) is 2.18. The smallest absolute Gasteiger partial charge is 0.142 e. The van der Waals surface area contributed by atoms with Gasteiger partial charge in [0, 0.05) is 23.9 Å². The number of aliphatic hydroxyl groups excluding tert-OH is 1. The summed E-state index contributed by atoms with van der Waals surface area (Å²) in [5.74, 6) is -0.523. The fraction of sp³-hybridized carbons (Fsp3) is 0.214. The van der Waals surface area contributed by atoms with Gasteiger partial charge in [0.1, 0.15) is 5.82 Å². The molecule has 1 atom stereocenters. The number of aromatic nitrogens is 1. The van der Waals surface area contributed by atoms with Gasteiger partial charge in [-0.15, -0.1) is 0 Å². The zero-order valence-electron chi connectivity index (χ0n) is 9.90. The summed E-state index contributed by atoms with van der Waals surface area (Å²) >= 11 is 5.82. The second kappa shape index (κ2) is 5.46. The molecule has 0 radical (unpaired) electrons. The molecule has 1 unspecified atom stereocenters. The van der Waals surface area contributed by atoms with Crippen LogP contribution in [0.15, 0.2) is 36.5 Å². The van der Waals surface area contributed by atoms with Crippen molar-refractivity contribution in [1.29, 1.82) is 0 Å². The minimum absolute atomic E-state index is 0.0305. The lowest BCUT2D eigenvalue weighted by molar-refractivity contribution is 0.177. The number of aliphatic hydroxyl groups is 1. The largest absolute Gasteiger partial charge is 0.388 e. The molecule has 0 bridgehead atoms. The number of nitrogens with zero attached hydrogens (tertiary/aromatic N) is 1. The molecule has 0 aliphatic carbocycles. The molecule has 0 fully saturated rings. The molecular weight excluding hydrogens is 253 g/mol. The molecule has 18 heavy (non-hydrogen) atoms. The summed E-state index contributed by atoms with van der Waals surface area (Å²) in [6.45, 7) is 1.94. The third kappa shape index (κ3) is 2.86. The number of hydrogen-bond donors (Lipinski definition) is 1. The molecule has 1 aromatic heterocycles. The van der Waals surface area contributed by atoms with Crippen molar-refractivity contribution in [3.05, 3.63) is 64.2 Å². The molecule has 0 saturated heterocycles. The predicted molar refractivity (Wildman–Crippen MR) is 69.0 cm³/mol. The molecule has 2 aromatic rings. The Morgan fingerprint density at radius 3 is 2.78 bits per heavy atom. The quantitative estimate of drug-likeness (QED) is 0.922. The first-order chi connectivity index (χ1) is 8.58. The average molecular weight is 266 g/mol. The Morgan fingerprint density at radius 2 is 2.11 bits per heavy atom. The lowest BCUT2D eigenvalue weighted by atomic mass is 10.0. The fourth-order valence-electron chi connectivity index (χ4n) is 1.71. The first-order valence-corrected chi connectivity index (χ1v) is 5.99. The highest BCUT2D eigenvalue weighted by molar-refractivity contribution is 6.31. The van der Waals surface area contributed by atoms with E-state index in [0.717, 1.165) is 11.3 Å². The third-order valence-electron chi connectivity index (χ3n) is 2.72. The lowest BCUT2D eigenvalue weighted by Gasteiger charge is -2.12. The van der Waals surface area contributed by atoms with Gasteiger partial charge in [-0.3, -0.25) is 4.98 Å². The molecule has 94 valence electrons. The Labute approximate surface area is 110 Å². The monoisotopic (exact) mass is 265 g/mol. The van der Waals surface area contributed by atoms with Crippen LogP contribution in [-0.2, 0) is 6.42 Å². The van der Waals surface area contributed by atoms with Crippen LogP contribution in [0.25, 0.3) is 0 Å². The van der Waals surface area contributed by atoms with Crippen LogP contribution in [0, 0.1) is 12.7 Å². The minimum Gasteiger partial charge on any atom is -0.388 e. The summed E-state index contributed by atoms with van der Waals surface area (Å²) in [7, 11) is 0. The van der Waals surface area contributed by atoms with Crippen LogP contribution in [0.2, 0.25) is 5.02 Å². The summed E-state index contributed by atoms with van der Waals surface area (Å²) in [6.07, 6.45) is 1.18. The number of pyridine rings is 1. The normalized spacial score (nSPS) is 12.4. The average Bonchev–Trinajstić information content (AvgIpc) is 2.35. The van der Waals surface area contributed by atoms with E-state index in [1.165, 1.54) is 12.1 Å². The van der Waals surface area contributed by atoms with Crippen LogP contribution in [0.3, 0.4) is 0 Å². The van der Waals surface area contributed by atoms with E-state index in [1.807, 2.05) is 19.1 Å². The van der Waals surface area contributed by atoms with Crippen LogP contribution in [0.1, 0.15) is 22.9 Å². The second-order valence-electron chi connectivity index (χ2n) is 4.19. The number of benzene rings is 1. The standard InChI is InChI=1S/C14H13ClFNO/c1-9-5-6-10(17-8-9)7-13(18)11-3-2-4-12(16)14(11)15/h2-6,8,13,18H,7H2,1H3. The van der Waals surface area contributed by atoms with Gasteiger partial charge in [-0.05, 0) is 24.6 Å². The summed E-state index contributed by atoms with van der Waals surface area (Å²) in [5, 5.41) is 10.0. The minimum atomic E-state index is -0.858. The zero-order valence-corrected chi connectivity index (χ0v) is 10.7. The highest BCUT2D eigenvalue weighted by Crippen LogP contribution is 2.27. The summed E-state index contributed by atoms with van der Waals surface area (Å²) < 4.78 is 13.3. The van der Waals surface area contributed by atoms with E-state index in [0.29, 0.717) is 12.0 Å². The maximum Gasteiger partial charge on any atom is 0.142 e. The molecule has 0 saturated carbocycles. The topological polar surface area (TPSA) is 33.1 Å². The number of rotatable bonds is 3.